The van der Waals surface area contributed by atoms with E-state index in [0.717, 1.165) is 5.56 Å². The third-order valence-corrected chi connectivity index (χ3v) is 2.67. The molecule has 2 nitrogen and oxygen atoms in total. The largest absolute Gasteiger partial charge is 0.261 e. The first-order chi connectivity index (χ1) is 5.00. The van der Waals surface area contributed by atoms with Crippen molar-refractivity contribution in [2.45, 2.75) is 11.8 Å². The highest BCUT2D eigenvalue weighted by Gasteiger charge is 2.07. The molecule has 0 aliphatic rings. The Hall–Kier alpha value is -0.0600. The molecule has 0 saturated heterocycles. The van der Waals surface area contributed by atoms with E-state index in [0.29, 0.717) is 0 Å². The van der Waals surface area contributed by atoms with Gasteiger partial charge in [-0.05, 0) is 19.1 Å². The van der Waals surface area contributed by atoms with Crippen LogP contribution >= 0.6 is 27.7 Å². The summed E-state index contributed by atoms with van der Waals surface area (Å²) in [5.41, 5.74) is 1.01. The summed E-state index contributed by atoms with van der Waals surface area (Å²) in [5, 5.41) is 0. The molecule has 0 spiro atoms. The van der Waals surface area contributed by atoms with E-state index in [2.05, 4.69) is 0 Å². The molecule has 68 valence electrons. The van der Waals surface area contributed by atoms with Gasteiger partial charge in [-0.3, -0.25) is 0 Å². The lowest BCUT2D eigenvalue weighted by Gasteiger charge is -1.94. The van der Waals surface area contributed by atoms with Gasteiger partial charge in [0, 0.05) is 10.7 Å². The Balaban J connectivity index is 0.00000121. The van der Waals surface area contributed by atoms with Crippen molar-refractivity contribution in [1.82, 2.24) is 0 Å². The number of aryl methyl sites for hydroxylation is 1. The molecule has 0 aliphatic carbocycles. The maximum Gasteiger partial charge on any atom is 0.261 e. The topological polar surface area (TPSA) is 34.1 Å². The van der Waals surface area contributed by atoms with Crippen LogP contribution in [0.5, 0.6) is 0 Å². The molecule has 1 rings (SSSR count). The van der Waals surface area contributed by atoms with E-state index in [9.17, 15) is 8.42 Å². The molecule has 0 radical (unpaired) electrons. The van der Waals surface area contributed by atoms with Crippen LogP contribution in [0.3, 0.4) is 0 Å². The first kappa shape index (κ1) is 11.9. The zero-order valence-electron chi connectivity index (χ0n) is 6.32. The van der Waals surface area contributed by atoms with E-state index >= 15 is 0 Å². The van der Waals surface area contributed by atoms with Crippen LogP contribution < -0.4 is 0 Å². The van der Waals surface area contributed by atoms with Crippen LogP contribution in [-0.4, -0.2) is 8.42 Å². The van der Waals surface area contributed by atoms with Crippen molar-refractivity contribution >= 4 is 36.7 Å². The molecule has 1 aromatic carbocycles. The predicted molar refractivity (Wildman–Crippen MR) is 54.5 cm³/mol. The van der Waals surface area contributed by atoms with Crippen LogP contribution in [0.4, 0.5) is 0 Å². The van der Waals surface area contributed by atoms with Gasteiger partial charge in [0.2, 0.25) is 0 Å². The summed E-state index contributed by atoms with van der Waals surface area (Å²) in [6.45, 7) is 1.88. The highest BCUT2D eigenvalue weighted by molar-refractivity contribution is 8.93. The van der Waals surface area contributed by atoms with Crippen LogP contribution in [0.2, 0.25) is 0 Å². The average Bonchev–Trinajstić information content (AvgIpc) is 1.86. The Morgan fingerprint density at radius 1 is 1.17 bits per heavy atom. The van der Waals surface area contributed by atoms with E-state index in [-0.39, 0.29) is 21.9 Å². The van der Waals surface area contributed by atoms with Crippen molar-refractivity contribution < 1.29 is 8.42 Å². The van der Waals surface area contributed by atoms with Crippen molar-refractivity contribution in [2.24, 2.45) is 0 Å². The smallest absolute Gasteiger partial charge is 0.207 e. The first-order valence-electron chi connectivity index (χ1n) is 3.01. The van der Waals surface area contributed by atoms with Crippen LogP contribution in [0.1, 0.15) is 5.56 Å². The summed E-state index contributed by atoms with van der Waals surface area (Å²) in [5.74, 6) is 0. The normalized spacial score (nSPS) is 10.5. The molecule has 0 N–H and O–H groups in total. The van der Waals surface area contributed by atoms with E-state index in [1.165, 1.54) is 12.1 Å². The zero-order valence-corrected chi connectivity index (χ0v) is 9.61. The van der Waals surface area contributed by atoms with Gasteiger partial charge in [0.1, 0.15) is 0 Å². The fraction of sp³-hybridized carbons (Fsp3) is 0.143. The second-order valence-corrected chi connectivity index (χ2v) is 4.82. The van der Waals surface area contributed by atoms with Gasteiger partial charge in [-0.15, -0.1) is 17.0 Å². The summed E-state index contributed by atoms with van der Waals surface area (Å²) in [6, 6.07) is 6.37. The Labute approximate surface area is 86.7 Å². The Morgan fingerprint density at radius 3 is 1.92 bits per heavy atom. The lowest BCUT2D eigenvalue weighted by Crippen LogP contribution is -1.89. The van der Waals surface area contributed by atoms with E-state index in [4.69, 9.17) is 10.7 Å². The van der Waals surface area contributed by atoms with Crippen LogP contribution in [-0.2, 0) is 9.05 Å². The van der Waals surface area contributed by atoms with Crippen molar-refractivity contribution in [3.63, 3.8) is 0 Å². The van der Waals surface area contributed by atoms with Crippen molar-refractivity contribution in [1.29, 1.82) is 0 Å². The molecule has 0 heterocycles. The molecule has 0 aromatic heterocycles. The molecule has 0 atom stereocenters. The maximum atomic E-state index is 10.7. The van der Waals surface area contributed by atoms with Crippen LogP contribution in [0.15, 0.2) is 29.2 Å². The summed E-state index contributed by atoms with van der Waals surface area (Å²) in [7, 11) is 1.54. The van der Waals surface area contributed by atoms with Gasteiger partial charge >= 0.3 is 0 Å². The van der Waals surface area contributed by atoms with Gasteiger partial charge in [-0.1, -0.05) is 17.7 Å². The fourth-order valence-electron chi connectivity index (χ4n) is 0.701. The molecular weight excluding hydrogens is 263 g/mol. The second kappa shape index (κ2) is 4.25. The van der Waals surface area contributed by atoms with Crippen LogP contribution in [0.25, 0.3) is 0 Å². The minimum atomic E-state index is -3.55. The summed E-state index contributed by atoms with van der Waals surface area (Å²) >= 11 is 0. The third kappa shape index (κ3) is 3.13. The molecule has 0 amide bonds. The van der Waals surface area contributed by atoms with Crippen molar-refractivity contribution in [2.75, 3.05) is 0 Å². The number of hydrogen-bond acceptors (Lipinski definition) is 2. The minimum absolute atomic E-state index is 0. The van der Waals surface area contributed by atoms with Gasteiger partial charge in [-0.2, -0.15) is 0 Å². The minimum Gasteiger partial charge on any atom is -0.207 e. The summed E-state index contributed by atoms with van der Waals surface area (Å²) < 4.78 is 21.4. The zero-order chi connectivity index (χ0) is 8.48. The molecule has 5 heteroatoms. The standard InChI is InChI=1S/C7H7ClO2S.BrH/c1-6-2-4-7(5-3-6)11(8,9)10;/h2-5H,1H3;1H. The van der Waals surface area contributed by atoms with E-state index in [1.54, 1.807) is 12.1 Å². The van der Waals surface area contributed by atoms with Gasteiger partial charge in [0.25, 0.3) is 9.05 Å². The van der Waals surface area contributed by atoms with Crippen LogP contribution in [0, 0.1) is 6.92 Å². The van der Waals surface area contributed by atoms with Gasteiger partial charge in [0.05, 0.1) is 4.90 Å². The number of benzene rings is 1. The summed E-state index contributed by atoms with van der Waals surface area (Å²) in [4.78, 5) is 0.143. The maximum absolute atomic E-state index is 10.7. The lowest BCUT2D eigenvalue weighted by atomic mass is 10.2. The quantitative estimate of drug-likeness (QED) is 0.736. The average molecular weight is 272 g/mol. The van der Waals surface area contributed by atoms with Crippen molar-refractivity contribution in [3.8, 4) is 0 Å². The number of hydrogen-bond donors (Lipinski definition) is 0. The highest BCUT2D eigenvalue weighted by Crippen LogP contribution is 2.14. The second-order valence-electron chi connectivity index (χ2n) is 2.25. The first-order valence-corrected chi connectivity index (χ1v) is 5.32. The molecular formula is C7H8BrClO2S. The third-order valence-electron chi connectivity index (χ3n) is 1.30. The molecule has 0 fully saturated rings. The number of halogens is 2. The molecule has 0 aliphatic heterocycles. The van der Waals surface area contributed by atoms with E-state index in [1.807, 2.05) is 6.92 Å². The highest BCUT2D eigenvalue weighted by atomic mass is 79.9. The van der Waals surface area contributed by atoms with Gasteiger partial charge < -0.3 is 0 Å². The molecule has 12 heavy (non-hydrogen) atoms. The molecule has 0 unspecified atom stereocenters. The lowest BCUT2D eigenvalue weighted by molar-refractivity contribution is 0.609. The number of rotatable bonds is 1. The monoisotopic (exact) mass is 270 g/mol. The SMILES string of the molecule is Br.Cc1ccc(S(=O)(=O)Cl)cc1. The molecule has 0 saturated carbocycles. The van der Waals surface area contributed by atoms with Gasteiger partial charge in [-0.25, -0.2) is 8.42 Å². The molecule has 1 aromatic rings. The predicted octanol–water partition coefficient (Wildman–Crippen LogP) is 2.50. The Morgan fingerprint density at radius 2 is 1.58 bits per heavy atom. The van der Waals surface area contributed by atoms with E-state index < -0.39 is 9.05 Å². The summed E-state index contributed by atoms with van der Waals surface area (Å²) in [6.07, 6.45) is 0. The fourth-order valence-corrected chi connectivity index (χ4v) is 1.47. The Kier molecular flexibility index (Phi) is 4.23. The Bertz CT molecular complexity index is 344. The van der Waals surface area contributed by atoms with Gasteiger partial charge in [0.15, 0.2) is 0 Å². The van der Waals surface area contributed by atoms with Crippen molar-refractivity contribution in [3.05, 3.63) is 29.8 Å². The molecule has 0 bridgehead atoms.